The van der Waals surface area contributed by atoms with Crippen LogP contribution in [0.3, 0.4) is 0 Å². The zero-order chi connectivity index (χ0) is 18.9. The number of nitrogens with one attached hydrogen (secondary N) is 1. The van der Waals surface area contributed by atoms with Crippen LogP contribution >= 0.6 is 0 Å². The van der Waals surface area contributed by atoms with Gasteiger partial charge in [-0.2, -0.15) is 0 Å². The number of nitrogens with two attached hydrogens (primary N) is 1. The Kier molecular flexibility index (Phi) is 4.80. The van der Waals surface area contributed by atoms with Gasteiger partial charge < -0.3 is 4.98 Å². The van der Waals surface area contributed by atoms with Gasteiger partial charge in [0, 0.05) is 6.04 Å². The smallest absolute Gasteiger partial charge is 0.307 e. The lowest BCUT2D eigenvalue weighted by Crippen LogP contribution is -2.38. The van der Waals surface area contributed by atoms with E-state index >= 15 is 0 Å². The summed E-state index contributed by atoms with van der Waals surface area (Å²) in [6.07, 6.45) is 0.987. The minimum Gasteiger partial charge on any atom is -0.307 e. The van der Waals surface area contributed by atoms with Gasteiger partial charge in [0.15, 0.2) is 0 Å². The Hall–Kier alpha value is -2.71. The van der Waals surface area contributed by atoms with Gasteiger partial charge in [0.1, 0.15) is 0 Å². The second kappa shape index (κ2) is 6.89. The van der Waals surface area contributed by atoms with E-state index in [1.54, 1.807) is 36.4 Å². The van der Waals surface area contributed by atoms with Crippen LogP contribution in [0.2, 0.25) is 0 Å². The number of nitrogens with zero attached hydrogens (tertiary/aromatic N) is 1. The van der Waals surface area contributed by atoms with Crippen molar-refractivity contribution in [1.82, 2.24) is 9.55 Å². The van der Waals surface area contributed by atoms with Crippen molar-refractivity contribution in [2.24, 2.45) is 5.14 Å². The van der Waals surface area contributed by atoms with Crippen molar-refractivity contribution in [3.8, 4) is 0 Å². The van der Waals surface area contributed by atoms with Crippen LogP contribution < -0.4 is 16.4 Å². The molecule has 1 unspecified atom stereocenters. The first kappa shape index (κ1) is 18.1. The molecule has 0 bridgehead atoms. The Morgan fingerprint density at radius 3 is 2.35 bits per heavy atom. The molecule has 0 spiro atoms. The first-order valence-corrected chi connectivity index (χ1v) is 9.71. The predicted molar refractivity (Wildman–Crippen MR) is 99.7 cm³/mol. The maximum atomic E-state index is 12.8. The molecule has 3 rings (SSSR count). The van der Waals surface area contributed by atoms with Crippen molar-refractivity contribution in [2.75, 3.05) is 0 Å². The predicted octanol–water partition coefficient (Wildman–Crippen LogP) is 1.53. The fourth-order valence-electron chi connectivity index (χ4n) is 3.01. The second-order valence-corrected chi connectivity index (χ2v) is 7.67. The number of para-hydroxylation sites is 1. The lowest BCUT2D eigenvalue weighted by molar-refractivity contribution is 0.453. The number of hydrogen-bond acceptors (Lipinski definition) is 4. The number of sulfonamides is 1. The molecule has 0 saturated heterocycles. The van der Waals surface area contributed by atoms with Crippen molar-refractivity contribution in [2.45, 2.75) is 30.7 Å². The number of H-pyrrole nitrogens is 1. The summed E-state index contributed by atoms with van der Waals surface area (Å²) in [6.45, 7) is 1.89. The Bertz CT molecular complexity index is 1160. The quantitative estimate of drug-likeness (QED) is 0.705. The van der Waals surface area contributed by atoms with Crippen LogP contribution in [0.25, 0.3) is 10.9 Å². The van der Waals surface area contributed by atoms with Crippen LogP contribution in [0.15, 0.2) is 63.0 Å². The number of benzene rings is 2. The summed E-state index contributed by atoms with van der Waals surface area (Å²) < 4.78 is 23.9. The summed E-state index contributed by atoms with van der Waals surface area (Å²) in [5, 5.41) is 5.55. The number of hydrogen-bond donors (Lipinski definition) is 2. The zero-order valence-electron chi connectivity index (χ0n) is 14.2. The van der Waals surface area contributed by atoms with Gasteiger partial charge in [-0.25, -0.2) is 18.4 Å². The van der Waals surface area contributed by atoms with Crippen LogP contribution in [0.1, 0.15) is 24.9 Å². The molecule has 136 valence electrons. The summed E-state index contributed by atoms with van der Waals surface area (Å²) in [4.78, 5) is 28.0. The van der Waals surface area contributed by atoms with Crippen molar-refractivity contribution in [1.29, 1.82) is 0 Å². The Labute approximate surface area is 150 Å². The molecule has 0 fully saturated rings. The molecule has 3 N–H and O–H groups in total. The number of fused-ring (bicyclic) bond motifs is 1. The van der Waals surface area contributed by atoms with E-state index in [0.29, 0.717) is 23.7 Å². The highest BCUT2D eigenvalue weighted by molar-refractivity contribution is 7.89. The molecule has 1 aromatic heterocycles. The maximum Gasteiger partial charge on any atom is 0.329 e. The van der Waals surface area contributed by atoms with Gasteiger partial charge in [0.05, 0.1) is 15.8 Å². The van der Waals surface area contributed by atoms with E-state index in [1.165, 1.54) is 16.7 Å². The molecule has 3 aromatic rings. The average Bonchev–Trinajstić information content (AvgIpc) is 2.60. The molecular weight excluding hydrogens is 354 g/mol. The minimum absolute atomic E-state index is 0.0232. The van der Waals surface area contributed by atoms with E-state index in [2.05, 4.69) is 4.98 Å². The molecular formula is C18H19N3O4S. The highest BCUT2D eigenvalue weighted by Gasteiger charge is 2.17. The van der Waals surface area contributed by atoms with E-state index in [9.17, 15) is 18.0 Å². The van der Waals surface area contributed by atoms with E-state index in [1.807, 2.05) is 6.92 Å². The van der Waals surface area contributed by atoms with Crippen LogP contribution in [-0.4, -0.2) is 18.0 Å². The summed E-state index contributed by atoms with van der Waals surface area (Å²) in [5.74, 6) is 0. The molecule has 0 aliphatic rings. The highest BCUT2D eigenvalue weighted by Crippen LogP contribution is 2.17. The van der Waals surface area contributed by atoms with Crippen molar-refractivity contribution in [3.63, 3.8) is 0 Å². The van der Waals surface area contributed by atoms with Crippen LogP contribution in [-0.2, 0) is 16.4 Å². The molecule has 8 heteroatoms. The van der Waals surface area contributed by atoms with E-state index in [-0.39, 0.29) is 16.5 Å². The average molecular weight is 373 g/mol. The Morgan fingerprint density at radius 2 is 1.73 bits per heavy atom. The maximum absolute atomic E-state index is 12.8. The summed E-state index contributed by atoms with van der Waals surface area (Å²) >= 11 is 0. The number of primary sulfonamides is 1. The highest BCUT2D eigenvalue weighted by atomic mass is 32.2. The van der Waals surface area contributed by atoms with E-state index in [4.69, 9.17) is 5.14 Å². The lowest BCUT2D eigenvalue weighted by Gasteiger charge is -2.18. The number of aromatic nitrogens is 2. The molecule has 0 amide bonds. The van der Waals surface area contributed by atoms with Gasteiger partial charge in [-0.05, 0) is 42.7 Å². The zero-order valence-corrected chi connectivity index (χ0v) is 15.0. The normalized spacial score (nSPS) is 13.0. The van der Waals surface area contributed by atoms with Crippen molar-refractivity contribution in [3.05, 3.63) is 74.9 Å². The third kappa shape index (κ3) is 3.47. The van der Waals surface area contributed by atoms with Gasteiger partial charge in [-0.1, -0.05) is 31.2 Å². The van der Waals surface area contributed by atoms with Crippen LogP contribution in [0.4, 0.5) is 0 Å². The van der Waals surface area contributed by atoms with Gasteiger partial charge in [-0.3, -0.25) is 9.36 Å². The van der Waals surface area contributed by atoms with Crippen LogP contribution in [0.5, 0.6) is 0 Å². The lowest BCUT2D eigenvalue weighted by atomic mass is 10.0. The Morgan fingerprint density at radius 1 is 1.08 bits per heavy atom. The third-order valence-electron chi connectivity index (χ3n) is 4.40. The van der Waals surface area contributed by atoms with Gasteiger partial charge in [0.2, 0.25) is 10.0 Å². The number of rotatable bonds is 5. The molecule has 0 radical (unpaired) electrons. The molecule has 1 heterocycles. The molecule has 26 heavy (non-hydrogen) atoms. The van der Waals surface area contributed by atoms with Gasteiger partial charge in [-0.15, -0.1) is 0 Å². The first-order chi connectivity index (χ1) is 12.3. The molecule has 0 aliphatic heterocycles. The summed E-state index contributed by atoms with van der Waals surface area (Å²) in [6, 6.07) is 12.6. The van der Waals surface area contributed by atoms with Crippen molar-refractivity contribution < 1.29 is 8.42 Å². The number of aromatic amines is 1. The van der Waals surface area contributed by atoms with Crippen molar-refractivity contribution >= 4 is 20.9 Å². The SMILES string of the molecule is CCC(Cc1ccc(S(N)(=O)=O)cc1)n1c(=O)[nH]c2ccccc2c1=O. The standard InChI is InChI=1S/C18H19N3O4S/c1-2-13(11-12-7-9-14(10-8-12)26(19,24)25)21-17(22)15-5-3-4-6-16(15)20-18(21)23/h3-10,13H,2,11H2,1H3,(H,20,23)(H2,19,24,25). The molecule has 0 saturated carbocycles. The molecule has 2 aromatic carbocycles. The van der Waals surface area contributed by atoms with E-state index < -0.39 is 15.7 Å². The van der Waals surface area contributed by atoms with Gasteiger partial charge in [0.25, 0.3) is 5.56 Å². The second-order valence-electron chi connectivity index (χ2n) is 6.11. The summed E-state index contributed by atoms with van der Waals surface area (Å²) in [5.41, 5.74) is 0.522. The fraction of sp³-hybridized carbons (Fsp3) is 0.222. The fourth-order valence-corrected chi connectivity index (χ4v) is 3.53. The Balaban J connectivity index is 2.01. The topological polar surface area (TPSA) is 115 Å². The summed E-state index contributed by atoms with van der Waals surface area (Å²) in [7, 11) is -3.75. The van der Waals surface area contributed by atoms with Gasteiger partial charge >= 0.3 is 5.69 Å². The molecule has 1 atom stereocenters. The van der Waals surface area contributed by atoms with E-state index in [0.717, 1.165) is 5.56 Å². The third-order valence-corrected chi connectivity index (χ3v) is 5.33. The largest absolute Gasteiger partial charge is 0.329 e. The molecule has 7 nitrogen and oxygen atoms in total. The monoisotopic (exact) mass is 373 g/mol. The minimum atomic E-state index is -3.75. The molecule has 0 aliphatic carbocycles. The first-order valence-electron chi connectivity index (χ1n) is 8.16. The van der Waals surface area contributed by atoms with Crippen LogP contribution in [0, 0.1) is 0 Å².